The largest absolute Gasteiger partial charge is 0.494 e. The molecule has 0 unspecified atom stereocenters. The van der Waals surface area contributed by atoms with Gasteiger partial charge in [0.15, 0.2) is 0 Å². The van der Waals surface area contributed by atoms with Gasteiger partial charge in [0, 0.05) is 5.56 Å². The molecular formula is C17H16N2O3. The van der Waals surface area contributed by atoms with Crippen LogP contribution in [0.15, 0.2) is 48.5 Å². The topological polar surface area (TPSA) is 64.4 Å². The van der Waals surface area contributed by atoms with E-state index in [0.29, 0.717) is 12.4 Å². The van der Waals surface area contributed by atoms with Crippen LogP contribution in [0.2, 0.25) is 0 Å². The van der Waals surface area contributed by atoms with E-state index in [0.717, 1.165) is 22.3 Å². The minimum Gasteiger partial charge on any atom is -0.494 e. The van der Waals surface area contributed by atoms with Crippen LogP contribution >= 0.6 is 0 Å². The van der Waals surface area contributed by atoms with Crippen molar-refractivity contribution in [1.29, 1.82) is 0 Å². The van der Waals surface area contributed by atoms with Crippen LogP contribution in [0.1, 0.15) is 6.92 Å². The molecule has 0 radical (unpaired) electrons. The van der Waals surface area contributed by atoms with Crippen LogP contribution in [0.3, 0.4) is 0 Å². The summed E-state index contributed by atoms with van der Waals surface area (Å²) in [7, 11) is 0. The van der Waals surface area contributed by atoms with E-state index in [1.165, 1.54) is 0 Å². The van der Waals surface area contributed by atoms with Crippen molar-refractivity contribution in [3.05, 3.63) is 48.5 Å². The van der Waals surface area contributed by atoms with E-state index in [9.17, 15) is 4.79 Å². The Morgan fingerprint density at radius 2 is 1.91 bits per heavy atom. The van der Waals surface area contributed by atoms with E-state index in [1.54, 1.807) is 4.57 Å². The molecule has 5 nitrogen and oxygen atoms in total. The van der Waals surface area contributed by atoms with Crippen molar-refractivity contribution in [2.45, 2.75) is 13.5 Å². The molecule has 1 N–H and O–H groups in total. The lowest BCUT2D eigenvalue weighted by Crippen LogP contribution is -2.10. The summed E-state index contributed by atoms with van der Waals surface area (Å²) < 4.78 is 7.14. The summed E-state index contributed by atoms with van der Waals surface area (Å²) in [5.74, 6) is 0.536. The van der Waals surface area contributed by atoms with Gasteiger partial charge >= 0.3 is 5.97 Å². The molecular weight excluding hydrogens is 280 g/mol. The van der Waals surface area contributed by atoms with Gasteiger partial charge in [0.25, 0.3) is 0 Å². The molecule has 1 aromatic heterocycles. The number of para-hydroxylation sites is 2. The van der Waals surface area contributed by atoms with Crippen molar-refractivity contribution in [2.24, 2.45) is 0 Å². The van der Waals surface area contributed by atoms with Crippen molar-refractivity contribution in [3.8, 4) is 17.1 Å². The number of carbonyl (C=O) groups is 1. The van der Waals surface area contributed by atoms with Crippen molar-refractivity contribution in [1.82, 2.24) is 9.55 Å². The summed E-state index contributed by atoms with van der Waals surface area (Å²) in [6, 6.07) is 15.0. The molecule has 0 spiro atoms. The highest BCUT2D eigenvalue weighted by Crippen LogP contribution is 2.26. The number of carboxylic acids is 1. The summed E-state index contributed by atoms with van der Waals surface area (Å²) in [5.41, 5.74) is 2.46. The van der Waals surface area contributed by atoms with Crippen molar-refractivity contribution >= 4 is 17.0 Å². The second-order valence-electron chi connectivity index (χ2n) is 4.86. The van der Waals surface area contributed by atoms with Crippen LogP contribution in [0.25, 0.3) is 22.4 Å². The van der Waals surface area contributed by atoms with Gasteiger partial charge in [-0.3, -0.25) is 4.79 Å². The van der Waals surface area contributed by atoms with Gasteiger partial charge in [-0.25, -0.2) is 4.98 Å². The highest BCUT2D eigenvalue weighted by molar-refractivity contribution is 5.82. The number of fused-ring (bicyclic) bond motifs is 1. The first-order valence-corrected chi connectivity index (χ1v) is 7.09. The zero-order valence-corrected chi connectivity index (χ0v) is 12.2. The molecule has 5 heteroatoms. The van der Waals surface area contributed by atoms with Crippen LogP contribution in [-0.4, -0.2) is 27.2 Å². The highest BCUT2D eigenvalue weighted by Gasteiger charge is 2.14. The first-order valence-electron chi connectivity index (χ1n) is 7.09. The van der Waals surface area contributed by atoms with Crippen LogP contribution in [-0.2, 0) is 11.3 Å². The van der Waals surface area contributed by atoms with Crippen LogP contribution in [0.4, 0.5) is 0 Å². The molecule has 0 aliphatic heterocycles. The third kappa shape index (κ3) is 2.65. The zero-order chi connectivity index (χ0) is 15.5. The standard InChI is InChI=1S/C17H16N2O3/c1-2-22-13-9-7-12(8-10-13)17-18-14-5-3-4-6-15(14)19(17)11-16(20)21/h3-10H,2,11H2,1H3,(H,20,21). The molecule has 0 saturated carbocycles. The Balaban J connectivity index is 2.10. The van der Waals surface area contributed by atoms with E-state index < -0.39 is 5.97 Å². The average Bonchev–Trinajstić information content (AvgIpc) is 2.87. The average molecular weight is 296 g/mol. The van der Waals surface area contributed by atoms with Gasteiger partial charge in [0.1, 0.15) is 18.1 Å². The first-order chi connectivity index (χ1) is 10.7. The minimum absolute atomic E-state index is 0.122. The lowest BCUT2D eigenvalue weighted by atomic mass is 10.2. The fourth-order valence-corrected chi connectivity index (χ4v) is 2.46. The van der Waals surface area contributed by atoms with Crippen molar-refractivity contribution < 1.29 is 14.6 Å². The second kappa shape index (κ2) is 5.89. The Morgan fingerprint density at radius 3 is 2.59 bits per heavy atom. The van der Waals surface area contributed by atoms with Crippen LogP contribution < -0.4 is 4.74 Å². The Bertz CT molecular complexity index is 806. The quantitative estimate of drug-likeness (QED) is 0.785. The lowest BCUT2D eigenvalue weighted by Gasteiger charge is -2.08. The summed E-state index contributed by atoms with van der Waals surface area (Å²) in [6.45, 7) is 2.42. The third-order valence-electron chi connectivity index (χ3n) is 3.37. The van der Waals surface area contributed by atoms with Gasteiger partial charge in [-0.15, -0.1) is 0 Å². The van der Waals surface area contributed by atoms with Gasteiger partial charge < -0.3 is 14.4 Å². The van der Waals surface area contributed by atoms with E-state index in [2.05, 4.69) is 4.98 Å². The normalized spacial score (nSPS) is 10.8. The Kier molecular flexibility index (Phi) is 3.78. The van der Waals surface area contributed by atoms with Gasteiger partial charge in [0.2, 0.25) is 0 Å². The van der Waals surface area contributed by atoms with Gasteiger partial charge in [0.05, 0.1) is 17.6 Å². The highest BCUT2D eigenvalue weighted by atomic mass is 16.5. The molecule has 0 fully saturated rings. The first kappa shape index (κ1) is 14.1. The number of benzene rings is 2. The molecule has 1 heterocycles. The summed E-state index contributed by atoms with van der Waals surface area (Å²) >= 11 is 0. The minimum atomic E-state index is -0.893. The number of rotatable bonds is 5. The maximum atomic E-state index is 11.2. The van der Waals surface area contributed by atoms with Crippen LogP contribution in [0, 0.1) is 0 Å². The monoisotopic (exact) mass is 296 g/mol. The molecule has 3 rings (SSSR count). The maximum Gasteiger partial charge on any atom is 0.323 e. The fourth-order valence-electron chi connectivity index (χ4n) is 2.46. The number of imidazole rings is 1. The van der Waals surface area contributed by atoms with Crippen molar-refractivity contribution in [2.75, 3.05) is 6.61 Å². The smallest absolute Gasteiger partial charge is 0.323 e. The Morgan fingerprint density at radius 1 is 1.18 bits per heavy atom. The molecule has 0 atom stereocenters. The number of ether oxygens (including phenoxy) is 1. The SMILES string of the molecule is CCOc1ccc(-c2nc3ccccc3n2CC(=O)O)cc1. The predicted octanol–water partition coefficient (Wildman–Crippen LogP) is 3.19. The van der Waals surface area contributed by atoms with Gasteiger partial charge in [-0.2, -0.15) is 0 Å². The zero-order valence-electron chi connectivity index (χ0n) is 12.2. The maximum absolute atomic E-state index is 11.2. The molecule has 0 amide bonds. The predicted molar refractivity (Wildman–Crippen MR) is 84.0 cm³/mol. The summed E-state index contributed by atoms with van der Waals surface area (Å²) in [5, 5.41) is 9.16. The number of hydrogen-bond acceptors (Lipinski definition) is 3. The molecule has 0 saturated heterocycles. The molecule has 0 bridgehead atoms. The van der Waals surface area contributed by atoms with Crippen LogP contribution in [0.5, 0.6) is 5.75 Å². The fraction of sp³-hybridized carbons (Fsp3) is 0.176. The molecule has 0 aliphatic rings. The molecule has 22 heavy (non-hydrogen) atoms. The number of nitrogens with zero attached hydrogens (tertiary/aromatic N) is 2. The number of aliphatic carboxylic acids is 1. The molecule has 112 valence electrons. The van der Waals surface area contributed by atoms with Gasteiger partial charge in [-0.05, 0) is 43.3 Å². The third-order valence-corrected chi connectivity index (χ3v) is 3.37. The number of hydrogen-bond donors (Lipinski definition) is 1. The van der Waals surface area contributed by atoms with Crippen molar-refractivity contribution in [3.63, 3.8) is 0 Å². The molecule has 0 aliphatic carbocycles. The summed E-state index contributed by atoms with van der Waals surface area (Å²) in [4.78, 5) is 15.7. The van der Waals surface area contributed by atoms with E-state index in [-0.39, 0.29) is 6.54 Å². The Hall–Kier alpha value is -2.82. The van der Waals surface area contributed by atoms with E-state index in [4.69, 9.17) is 9.84 Å². The molecule has 2 aromatic carbocycles. The Labute approximate surface area is 127 Å². The van der Waals surface area contributed by atoms with E-state index >= 15 is 0 Å². The molecule has 3 aromatic rings. The lowest BCUT2D eigenvalue weighted by molar-refractivity contribution is -0.137. The van der Waals surface area contributed by atoms with Gasteiger partial charge in [-0.1, -0.05) is 12.1 Å². The summed E-state index contributed by atoms with van der Waals surface area (Å²) in [6.07, 6.45) is 0. The number of carboxylic acid groups (broad SMARTS) is 1. The second-order valence-corrected chi connectivity index (χ2v) is 4.86. The number of aromatic nitrogens is 2. The van der Waals surface area contributed by atoms with E-state index in [1.807, 2.05) is 55.5 Å².